The molecule has 1 rings (SSSR count). The predicted octanol–water partition coefficient (Wildman–Crippen LogP) is 2.09. The molecule has 0 aliphatic heterocycles. The summed E-state index contributed by atoms with van der Waals surface area (Å²) in [5, 5.41) is 0. The molecule has 0 aliphatic carbocycles. The van der Waals surface area contributed by atoms with Crippen LogP contribution in [0.2, 0.25) is 0 Å². The molecule has 0 fully saturated rings. The van der Waals surface area contributed by atoms with Crippen LogP contribution in [0.1, 0.15) is 45.4 Å². The van der Waals surface area contributed by atoms with Crippen LogP contribution in [0, 0.1) is 11.8 Å². The fraction of sp³-hybridized carbons (Fsp3) is 0.643. The number of esters is 1. The molecule has 0 amide bonds. The highest BCUT2D eigenvalue weighted by molar-refractivity contribution is 5.70. The van der Waals surface area contributed by atoms with Gasteiger partial charge >= 0.3 is 5.97 Å². The Bertz CT molecular complexity index is 382. The first-order valence-corrected chi connectivity index (χ1v) is 6.68. The van der Waals surface area contributed by atoms with Crippen LogP contribution in [-0.4, -0.2) is 22.5 Å². The fourth-order valence-corrected chi connectivity index (χ4v) is 1.99. The molecule has 0 aliphatic rings. The molecule has 5 heteroatoms. The maximum absolute atomic E-state index is 11.9. The third kappa shape index (κ3) is 5.79. The van der Waals surface area contributed by atoms with Crippen molar-refractivity contribution in [1.82, 2.24) is 9.97 Å². The van der Waals surface area contributed by atoms with E-state index in [1.54, 1.807) is 25.5 Å². The lowest BCUT2D eigenvalue weighted by Crippen LogP contribution is -2.22. The van der Waals surface area contributed by atoms with E-state index in [1.807, 2.05) is 0 Å². The lowest BCUT2D eigenvalue weighted by atomic mass is 9.94. The van der Waals surface area contributed by atoms with E-state index in [-0.39, 0.29) is 18.0 Å². The molecular weight excluding hydrogens is 242 g/mol. The molecule has 2 atom stereocenters. The summed E-state index contributed by atoms with van der Waals surface area (Å²) in [5.74, 6) is 0.481. The van der Waals surface area contributed by atoms with Crippen LogP contribution >= 0.6 is 0 Å². The monoisotopic (exact) mass is 265 g/mol. The Labute approximate surface area is 114 Å². The lowest BCUT2D eigenvalue weighted by Gasteiger charge is -2.18. The smallest absolute Gasteiger partial charge is 0.306 e. The van der Waals surface area contributed by atoms with Gasteiger partial charge < -0.3 is 10.5 Å². The van der Waals surface area contributed by atoms with Crippen molar-refractivity contribution in [2.24, 2.45) is 17.6 Å². The largest absolute Gasteiger partial charge is 0.456 e. The van der Waals surface area contributed by atoms with Crippen molar-refractivity contribution < 1.29 is 9.53 Å². The summed E-state index contributed by atoms with van der Waals surface area (Å²) < 4.78 is 5.35. The van der Waals surface area contributed by atoms with Crippen LogP contribution in [0.15, 0.2) is 18.6 Å². The van der Waals surface area contributed by atoms with Gasteiger partial charge in [0.1, 0.15) is 6.10 Å². The molecule has 106 valence electrons. The molecule has 5 nitrogen and oxygen atoms in total. The van der Waals surface area contributed by atoms with E-state index in [2.05, 4.69) is 23.8 Å². The van der Waals surface area contributed by atoms with Gasteiger partial charge in [-0.1, -0.05) is 13.8 Å². The molecule has 0 bridgehead atoms. The van der Waals surface area contributed by atoms with E-state index in [1.165, 1.54) is 0 Å². The van der Waals surface area contributed by atoms with Crippen molar-refractivity contribution >= 4 is 5.97 Å². The van der Waals surface area contributed by atoms with Gasteiger partial charge in [0.15, 0.2) is 0 Å². The van der Waals surface area contributed by atoms with Gasteiger partial charge in [0, 0.05) is 18.8 Å². The van der Waals surface area contributed by atoms with Crippen molar-refractivity contribution in [3.8, 4) is 0 Å². The number of hydrogen-bond acceptors (Lipinski definition) is 5. The van der Waals surface area contributed by atoms with Gasteiger partial charge in [0.25, 0.3) is 0 Å². The molecule has 1 heterocycles. The summed E-state index contributed by atoms with van der Waals surface area (Å²) in [6, 6.07) is 0. The average molecular weight is 265 g/mol. The normalized spacial score (nSPS) is 14.2. The Morgan fingerprint density at radius 1 is 1.37 bits per heavy atom. The summed E-state index contributed by atoms with van der Waals surface area (Å²) in [6.07, 6.45) is 5.70. The number of carbonyl (C=O) groups excluding carboxylic acids is 1. The molecule has 0 aromatic carbocycles. The quantitative estimate of drug-likeness (QED) is 0.764. The Morgan fingerprint density at radius 2 is 2.11 bits per heavy atom. The minimum Gasteiger partial charge on any atom is -0.456 e. The van der Waals surface area contributed by atoms with Crippen molar-refractivity contribution in [1.29, 1.82) is 0 Å². The highest BCUT2D eigenvalue weighted by Crippen LogP contribution is 2.18. The number of hydrogen-bond donors (Lipinski definition) is 1. The van der Waals surface area contributed by atoms with Crippen LogP contribution in [0.3, 0.4) is 0 Å². The van der Waals surface area contributed by atoms with Crippen LogP contribution in [-0.2, 0) is 9.53 Å². The molecule has 0 radical (unpaired) electrons. The van der Waals surface area contributed by atoms with Crippen LogP contribution in [0.4, 0.5) is 0 Å². The highest BCUT2D eigenvalue weighted by Gasteiger charge is 2.18. The summed E-state index contributed by atoms with van der Waals surface area (Å²) in [6.45, 7) is 6.54. The molecular formula is C14H23N3O2. The topological polar surface area (TPSA) is 78.1 Å². The first kappa shape index (κ1) is 15.6. The summed E-state index contributed by atoms with van der Waals surface area (Å²) in [5.41, 5.74) is 6.34. The van der Waals surface area contributed by atoms with E-state index in [0.29, 0.717) is 24.6 Å². The van der Waals surface area contributed by atoms with Crippen molar-refractivity contribution in [2.45, 2.75) is 39.7 Å². The van der Waals surface area contributed by atoms with Crippen LogP contribution in [0.25, 0.3) is 0 Å². The second-order valence-corrected chi connectivity index (χ2v) is 5.20. The van der Waals surface area contributed by atoms with Gasteiger partial charge in [0.2, 0.25) is 0 Å². The molecule has 0 spiro atoms. The number of aromatic nitrogens is 2. The number of nitrogens with zero attached hydrogens (tertiary/aromatic N) is 2. The maximum Gasteiger partial charge on any atom is 0.306 e. The standard InChI is InChI=1S/C14H23N3O2/c1-10(2)6-12(8-15)7-14(18)19-11(3)13-9-16-4-5-17-13/h4-5,9-12H,6-8,15H2,1-3H3/t11-,12-/m0/s1. The first-order chi connectivity index (χ1) is 9.02. The van der Waals surface area contributed by atoms with Gasteiger partial charge in [-0.25, -0.2) is 0 Å². The van der Waals surface area contributed by atoms with E-state index in [9.17, 15) is 4.79 Å². The third-order valence-corrected chi connectivity index (χ3v) is 2.90. The molecule has 0 saturated carbocycles. The minimum atomic E-state index is -0.376. The van der Waals surface area contributed by atoms with Gasteiger partial charge in [-0.15, -0.1) is 0 Å². The maximum atomic E-state index is 11.9. The van der Waals surface area contributed by atoms with E-state index >= 15 is 0 Å². The number of carbonyl (C=O) groups is 1. The summed E-state index contributed by atoms with van der Waals surface area (Å²) in [4.78, 5) is 19.9. The average Bonchev–Trinajstić information content (AvgIpc) is 2.38. The molecule has 1 aromatic heterocycles. The number of ether oxygens (including phenoxy) is 1. The molecule has 19 heavy (non-hydrogen) atoms. The van der Waals surface area contributed by atoms with Gasteiger partial charge in [-0.05, 0) is 31.7 Å². The highest BCUT2D eigenvalue weighted by atomic mass is 16.5. The van der Waals surface area contributed by atoms with Crippen LogP contribution in [0.5, 0.6) is 0 Å². The second-order valence-electron chi connectivity index (χ2n) is 5.20. The summed E-state index contributed by atoms with van der Waals surface area (Å²) >= 11 is 0. The number of nitrogens with two attached hydrogens (primary N) is 1. The van der Waals surface area contributed by atoms with Crippen molar-refractivity contribution in [2.75, 3.05) is 6.54 Å². The zero-order chi connectivity index (χ0) is 14.3. The van der Waals surface area contributed by atoms with Gasteiger partial charge in [-0.2, -0.15) is 0 Å². The first-order valence-electron chi connectivity index (χ1n) is 6.68. The van der Waals surface area contributed by atoms with Crippen molar-refractivity contribution in [3.63, 3.8) is 0 Å². The predicted molar refractivity (Wildman–Crippen MR) is 73.2 cm³/mol. The van der Waals surface area contributed by atoms with E-state index < -0.39 is 0 Å². The zero-order valence-corrected chi connectivity index (χ0v) is 11.9. The van der Waals surface area contributed by atoms with Gasteiger partial charge in [-0.3, -0.25) is 14.8 Å². The molecule has 2 N–H and O–H groups in total. The summed E-state index contributed by atoms with van der Waals surface area (Å²) in [7, 11) is 0. The molecule has 1 aromatic rings. The molecule has 0 saturated heterocycles. The van der Waals surface area contributed by atoms with Gasteiger partial charge in [0.05, 0.1) is 11.9 Å². The molecule has 0 unspecified atom stereocenters. The Kier molecular flexibility index (Phi) is 6.42. The Hall–Kier alpha value is -1.49. The fourth-order valence-electron chi connectivity index (χ4n) is 1.99. The van der Waals surface area contributed by atoms with Crippen LogP contribution < -0.4 is 5.73 Å². The second kappa shape index (κ2) is 7.84. The van der Waals surface area contributed by atoms with E-state index in [0.717, 1.165) is 6.42 Å². The minimum absolute atomic E-state index is 0.182. The number of rotatable bonds is 7. The van der Waals surface area contributed by atoms with E-state index in [4.69, 9.17) is 10.5 Å². The third-order valence-electron chi connectivity index (χ3n) is 2.90. The lowest BCUT2D eigenvalue weighted by molar-refractivity contribution is -0.150. The van der Waals surface area contributed by atoms with Crippen molar-refractivity contribution in [3.05, 3.63) is 24.3 Å². The zero-order valence-electron chi connectivity index (χ0n) is 11.9. The Morgan fingerprint density at radius 3 is 2.63 bits per heavy atom. The SMILES string of the molecule is CC(C)C[C@H](CN)CC(=O)O[C@@H](C)c1cnccn1. The Balaban J connectivity index is 2.46.